The molecule has 0 radical (unpaired) electrons. The van der Waals surface area contributed by atoms with Crippen LogP contribution in [0.1, 0.15) is 12.5 Å². The first-order chi connectivity index (χ1) is 16.7. The van der Waals surface area contributed by atoms with Gasteiger partial charge in [-0.15, -0.1) is 0 Å². The summed E-state index contributed by atoms with van der Waals surface area (Å²) in [5, 5.41) is 3.87. The van der Waals surface area contributed by atoms with E-state index < -0.39 is 28.4 Å². The predicted octanol–water partition coefficient (Wildman–Crippen LogP) is 2.29. The number of hydrogen-bond acceptors (Lipinski definition) is 9. The molecule has 0 saturated heterocycles. The van der Waals surface area contributed by atoms with E-state index in [9.17, 15) is 18.0 Å². The molecule has 0 saturated carbocycles. The first-order valence-electron chi connectivity index (χ1n) is 10.6. The van der Waals surface area contributed by atoms with Crippen LogP contribution in [0.3, 0.4) is 0 Å². The molecule has 12 heteroatoms. The number of sulfonamides is 1. The number of esters is 1. The number of thioether (sulfide) groups is 1. The maximum Gasteiger partial charge on any atom is 0.344 e. The van der Waals surface area contributed by atoms with Crippen molar-refractivity contribution in [2.75, 3.05) is 48.9 Å². The van der Waals surface area contributed by atoms with E-state index >= 15 is 0 Å². The van der Waals surface area contributed by atoms with Crippen molar-refractivity contribution >= 4 is 45.6 Å². The lowest BCUT2D eigenvalue weighted by Gasteiger charge is -2.21. The molecule has 0 bridgehead atoms. The van der Waals surface area contributed by atoms with Crippen molar-refractivity contribution in [1.82, 2.24) is 5.43 Å². The zero-order chi connectivity index (χ0) is 25.7. The summed E-state index contributed by atoms with van der Waals surface area (Å²) < 4.78 is 41.1. The molecule has 2 aromatic rings. The van der Waals surface area contributed by atoms with Gasteiger partial charge in [0.1, 0.15) is 24.7 Å². The molecule has 1 amide bonds. The number of anilines is 1. The van der Waals surface area contributed by atoms with Gasteiger partial charge in [0, 0.05) is 5.75 Å². The van der Waals surface area contributed by atoms with Crippen molar-refractivity contribution in [2.45, 2.75) is 6.92 Å². The van der Waals surface area contributed by atoms with Crippen LogP contribution in [0.4, 0.5) is 5.69 Å². The summed E-state index contributed by atoms with van der Waals surface area (Å²) in [7, 11) is -3.71. The van der Waals surface area contributed by atoms with Crippen LogP contribution < -0.4 is 19.2 Å². The van der Waals surface area contributed by atoms with Gasteiger partial charge in [-0.25, -0.2) is 18.6 Å². The lowest BCUT2D eigenvalue weighted by atomic mass is 10.2. The number of amides is 1. The zero-order valence-corrected chi connectivity index (χ0v) is 21.4. The van der Waals surface area contributed by atoms with Crippen molar-refractivity contribution < 1.29 is 32.2 Å². The summed E-state index contributed by atoms with van der Waals surface area (Å²) in [6.45, 7) is 2.04. The molecule has 2 rings (SSSR count). The number of rotatable bonds is 14. The average molecular weight is 524 g/mol. The number of carbonyl (C=O) groups is 2. The molecule has 0 fully saturated rings. The molecule has 0 aliphatic rings. The molecule has 0 atom stereocenters. The highest BCUT2D eigenvalue weighted by atomic mass is 32.2. The van der Waals surface area contributed by atoms with Crippen molar-refractivity contribution in [3.8, 4) is 11.5 Å². The molecule has 2 aromatic carbocycles. The van der Waals surface area contributed by atoms with Crippen LogP contribution >= 0.6 is 11.8 Å². The van der Waals surface area contributed by atoms with Gasteiger partial charge in [-0.3, -0.25) is 9.10 Å². The lowest BCUT2D eigenvalue weighted by Crippen LogP contribution is -2.39. The molecule has 35 heavy (non-hydrogen) atoms. The SMILES string of the molecule is CCOc1ccc(N(CC(=O)N/N=C/c2ccc(OCC(=O)OCCSC)cc2)S(C)(=O)=O)cc1. The fraction of sp³-hybridized carbons (Fsp3) is 0.348. The minimum atomic E-state index is -3.71. The fourth-order valence-corrected chi connectivity index (χ4v) is 3.80. The Labute approximate surface area is 209 Å². The largest absolute Gasteiger partial charge is 0.494 e. The maximum atomic E-state index is 12.3. The van der Waals surface area contributed by atoms with E-state index in [4.69, 9.17) is 14.2 Å². The summed E-state index contributed by atoms with van der Waals surface area (Å²) in [5.41, 5.74) is 3.31. The van der Waals surface area contributed by atoms with Crippen molar-refractivity contribution in [3.63, 3.8) is 0 Å². The quantitative estimate of drug-likeness (QED) is 0.173. The van der Waals surface area contributed by atoms with E-state index in [1.165, 1.54) is 6.21 Å². The molecule has 0 aliphatic carbocycles. The van der Waals surface area contributed by atoms with Gasteiger partial charge in [-0.2, -0.15) is 16.9 Å². The first-order valence-corrected chi connectivity index (χ1v) is 13.9. The molecule has 190 valence electrons. The highest BCUT2D eigenvalue weighted by molar-refractivity contribution is 7.98. The summed E-state index contributed by atoms with van der Waals surface area (Å²) in [5.74, 6) is 0.749. The van der Waals surface area contributed by atoms with Crippen LogP contribution in [0.5, 0.6) is 11.5 Å². The van der Waals surface area contributed by atoms with Crippen LogP contribution in [0.2, 0.25) is 0 Å². The van der Waals surface area contributed by atoms with Crippen LogP contribution in [0.15, 0.2) is 53.6 Å². The predicted molar refractivity (Wildman–Crippen MR) is 137 cm³/mol. The molecule has 0 spiro atoms. The highest BCUT2D eigenvalue weighted by Gasteiger charge is 2.20. The van der Waals surface area contributed by atoms with E-state index in [-0.39, 0.29) is 6.61 Å². The number of nitrogens with one attached hydrogen (secondary N) is 1. The number of carbonyl (C=O) groups excluding carboxylic acids is 2. The highest BCUT2D eigenvalue weighted by Crippen LogP contribution is 2.21. The number of ether oxygens (including phenoxy) is 3. The van der Waals surface area contributed by atoms with Gasteiger partial charge < -0.3 is 14.2 Å². The van der Waals surface area contributed by atoms with Gasteiger partial charge in [-0.1, -0.05) is 0 Å². The average Bonchev–Trinajstić information content (AvgIpc) is 2.82. The van der Waals surface area contributed by atoms with Gasteiger partial charge in [0.05, 0.1) is 24.8 Å². The molecule has 10 nitrogen and oxygen atoms in total. The Morgan fingerprint density at radius 1 is 1.06 bits per heavy atom. The summed E-state index contributed by atoms with van der Waals surface area (Å²) >= 11 is 1.58. The Balaban J connectivity index is 1.88. The number of hydrogen-bond donors (Lipinski definition) is 1. The third-order valence-electron chi connectivity index (χ3n) is 4.31. The van der Waals surface area contributed by atoms with Gasteiger partial charge >= 0.3 is 5.97 Å². The molecule has 0 aliphatic heterocycles. The van der Waals surface area contributed by atoms with Crippen LogP contribution in [0.25, 0.3) is 0 Å². The fourth-order valence-electron chi connectivity index (χ4n) is 2.69. The topological polar surface area (TPSA) is 124 Å². The van der Waals surface area contributed by atoms with Crippen LogP contribution in [-0.2, 0) is 24.3 Å². The van der Waals surface area contributed by atoms with Crippen LogP contribution in [0, 0.1) is 0 Å². The first kappa shape index (κ1) is 28.0. The number of hydrazone groups is 1. The third kappa shape index (κ3) is 10.3. The van der Waals surface area contributed by atoms with E-state index in [2.05, 4.69) is 10.5 Å². The Bertz CT molecular complexity index is 1090. The smallest absolute Gasteiger partial charge is 0.344 e. The minimum absolute atomic E-state index is 0.191. The molecular weight excluding hydrogens is 494 g/mol. The Morgan fingerprint density at radius 2 is 1.69 bits per heavy atom. The third-order valence-corrected chi connectivity index (χ3v) is 6.03. The summed E-state index contributed by atoms with van der Waals surface area (Å²) in [4.78, 5) is 23.9. The van der Waals surface area contributed by atoms with E-state index in [1.54, 1.807) is 60.3 Å². The molecule has 0 heterocycles. The minimum Gasteiger partial charge on any atom is -0.494 e. The van der Waals surface area contributed by atoms with Crippen molar-refractivity contribution in [3.05, 3.63) is 54.1 Å². The van der Waals surface area contributed by atoms with Gasteiger partial charge in [0.2, 0.25) is 10.0 Å². The second-order valence-electron chi connectivity index (χ2n) is 7.06. The second-order valence-corrected chi connectivity index (χ2v) is 9.95. The van der Waals surface area contributed by atoms with Crippen LogP contribution in [-0.4, -0.2) is 71.1 Å². The van der Waals surface area contributed by atoms with Gasteiger partial charge in [0.25, 0.3) is 5.91 Å². The summed E-state index contributed by atoms with van der Waals surface area (Å²) in [6.07, 6.45) is 4.35. The molecular formula is C23H29N3O7S2. The normalized spacial score (nSPS) is 11.2. The van der Waals surface area contributed by atoms with Gasteiger partial charge in [0.15, 0.2) is 6.61 Å². The van der Waals surface area contributed by atoms with E-state index in [1.807, 2.05) is 13.2 Å². The Kier molecular flexibility index (Phi) is 11.4. The van der Waals surface area contributed by atoms with E-state index in [0.29, 0.717) is 36.0 Å². The Hall–Kier alpha value is -3.25. The Morgan fingerprint density at radius 3 is 2.29 bits per heavy atom. The standard InChI is InChI=1S/C23H29N3O7S2/c1-4-31-20-11-7-19(8-12-20)26(35(3,29)30)16-22(27)25-24-15-18-5-9-21(10-6-18)33-17-23(28)32-13-14-34-2/h5-12,15H,4,13-14,16-17H2,1-3H3,(H,25,27)/b24-15+. The number of nitrogens with zero attached hydrogens (tertiary/aromatic N) is 2. The van der Waals surface area contributed by atoms with Crippen molar-refractivity contribution in [2.24, 2.45) is 5.10 Å². The monoisotopic (exact) mass is 523 g/mol. The molecule has 0 unspecified atom stereocenters. The summed E-state index contributed by atoms with van der Waals surface area (Å²) in [6, 6.07) is 13.1. The maximum absolute atomic E-state index is 12.3. The lowest BCUT2D eigenvalue weighted by molar-refractivity contribution is -0.145. The molecule has 1 N–H and O–H groups in total. The van der Waals surface area contributed by atoms with E-state index in [0.717, 1.165) is 16.3 Å². The number of benzene rings is 2. The second kappa shape index (κ2) is 14.2. The van der Waals surface area contributed by atoms with Crippen molar-refractivity contribution in [1.29, 1.82) is 0 Å². The van der Waals surface area contributed by atoms with Gasteiger partial charge in [-0.05, 0) is 67.3 Å². The molecule has 0 aromatic heterocycles. The zero-order valence-electron chi connectivity index (χ0n) is 19.8.